The molecule has 10 heteroatoms. The van der Waals surface area contributed by atoms with Gasteiger partial charge in [-0.1, -0.05) is 0 Å². The van der Waals surface area contributed by atoms with Gasteiger partial charge in [0.05, 0.1) is 6.54 Å². The van der Waals surface area contributed by atoms with Crippen LogP contribution in [-0.2, 0) is 23.1 Å². The number of nitrogens with zero attached hydrogens (tertiary/aromatic N) is 3. The molecule has 0 atom stereocenters. The zero-order chi connectivity index (χ0) is 14.8. The first-order chi connectivity index (χ1) is 9.44. The molecule has 2 aromatic heterocycles. The molecule has 0 saturated carbocycles. The Hall–Kier alpha value is -2.20. The van der Waals surface area contributed by atoms with Crippen molar-refractivity contribution in [1.82, 2.24) is 24.5 Å². The molecule has 0 radical (unpaired) electrons. The number of aryl methyl sites for hydroxylation is 1. The van der Waals surface area contributed by atoms with Gasteiger partial charge >= 0.3 is 5.97 Å². The molecule has 0 bridgehead atoms. The lowest BCUT2D eigenvalue weighted by Crippen LogP contribution is -2.24. The third-order valence-electron chi connectivity index (χ3n) is 2.65. The molecule has 0 unspecified atom stereocenters. The number of carbonyl (C=O) groups is 1. The molecular weight excluding hydrogens is 286 g/mol. The molecule has 20 heavy (non-hydrogen) atoms. The Balaban J connectivity index is 2.13. The molecule has 0 saturated heterocycles. The normalized spacial score (nSPS) is 11.7. The van der Waals surface area contributed by atoms with Crippen LogP contribution in [0.3, 0.4) is 0 Å². The van der Waals surface area contributed by atoms with E-state index < -0.39 is 16.0 Å². The zero-order valence-corrected chi connectivity index (χ0v) is 11.4. The molecule has 0 aliphatic rings. The van der Waals surface area contributed by atoms with Crippen molar-refractivity contribution in [2.24, 2.45) is 0 Å². The highest BCUT2D eigenvalue weighted by molar-refractivity contribution is 7.89. The Kier molecular flexibility index (Phi) is 3.86. The van der Waals surface area contributed by atoms with Crippen molar-refractivity contribution in [3.05, 3.63) is 30.1 Å². The predicted octanol–water partition coefficient (Wildman–Crippen LogP) is -0.197. The van der Waals surface area contributed by atoms with E-state index >= 15 is 0 Å². The van der Waals surface area contributed by atoms with Gasteiger partial charge in [0.25, 0.3) is 0 Å². The molecule has 108 valence electrons. The van der Waals surface area contributed by atoms with Gasteiger partial charge in [0.1, 0.15) is 22.7 Å². The van der Waals surface area contributed by atoms with Crippen LogP contribution in [0.2, 0.25) is 0 Å². The van der Waals surface area contributed by atoms with Gasteiger partial charge in [0.15, 0.2) is 0 Å². The average Bonchev–Trinajstić information content (AvgIpc) is 3.05. The number of hydrogen-bond donors (Lipinski definition) is 3. The number of aromatic nitrogens is 4. The van der Waals surface area contributed by atoms with E-state index in [1.54, 1.807) is 4.57 Å². The van der Waals surface area contributed by atoms with Crippen molar-refractivity contribution in [2.75, 3.05) is 0 Å². The number of nitrogens with one attached hydrogen (secondary N) is 2. The van der Waals surface area contributed by atoms with Gasteiger partial charge in [-0.3, -0.25) is 0 Å². The van der Waals surface area contributed by atoms with Gasteiger partial charge < -0.3 is 14.7 Å². The molecule has 0 aromatic carbocycles. The minimum absolute atomic E-state index is 0.0240. The van der Waals surface area contributed by atoms with E-state index in [0.29, 0.717) is 12.4 Å². The van der Waals surface area contributed by atoms with E-state index in [-0.39, 0.29) is 17.1 Å². The maximum absolute atomic E-state index is 12.0. The monoisotopic (exact) mass is 299 g/mol. The Morgan fingerprint density at radius 1 is 1.55 bits per heavy atom. The van der Waals surface area contributed by atoms with Crippen molar-refractivity contribution in [1.29, 1.82) is 0 Å². The van der Waals surface area contributed by atoms with Crippen molar-refractivity contribution < 1.29 is 18.3 Å². The van der Waals surface area contributed by atoms with Crippen LogP contribution in [0.5, 0.6) is 0 Å². The number of sulfonamides is 1. The van der Waals surface area contributed by atoms with E-state index in [1.165, 1.54) is 6.33 Å². The molecule has 2 rings (SSSR count). The first kappa shape index (κ1) is 14.2. The lowest BCUT2D eigenvalue weighted by atomic mass is 10.4. The van der Waals surface area contributed by atoms with Gasteiger partial charge in [0, 0.05) is 12.7 Å². The summed E-state index contributed by atoms with van der Waals surface area (Å²) in [6.07, 6.45) is 2.62. The number of aromatic carboxylic acids is 1. The zero-order valence-electron chi connectivity index (χ0n) is 10.6. The number of carboxylic acid groups (broad SMARTS) is 1. The number of aromatic amines is 1. The standard InChI is InChI=1S/C10H13N5O4S/c1-2-15-6-12-14-9(15)5-13-20(18,19)7-3-8(10(16)17)11-4-7/h3-4,6,11,13H,2,5H2,1H3,(H,16,17). The lowest BCUT2D eigenvalue weighted by Gasteiger charge is -2.05. The first-order valence-corrected chi connectivity index (χ1v) is 7.20. The third-order valence-corrected chi connectivity index (χ3v) is 4.03. The summed E-state index contributed by atoms with van der Waals surface area (Å²) in [6, 6.07) is 1.05. The molecule has 0 spiro atoms. The summed E-state index contributed by atoms with van der Waals surface area (Å²) in [5.41, 5.74) is -0.192. The fourth-order valence-corrected chi connectivity index (χ4v) is 2.55. The molecule has 2 heterocycles. The average molecular weight is 299 g/mol. The van der Waals surface area contributed by atoms with Crippen molar-refractivity contribution in [2.45, 2.75) is 24.9 Å². The highest BCUT2D eigenvalue weighted by Crippen LogP contribution is 2.11. The third kappa shape index (κ3) is 2.86. The predicted molar refractivity (Wildman–Crippen MR) is 67.5 cm³/mol. The largest absolute Gasteiger partial charge is 0.477 e. The summed E-state index contributed by atoms with van der Waals surface area (Å²) in [6.45, 7) is 2.48. The van der Waals surface area contributed by atoms with Crippen LogP contribution in [0.4, 0.5) is 0 Å². The van der Waals surface area contributed by atoms with Crippen LogP contribution in [0.1, 0.15) is 23.2 Å². The minimum atomic E-state index is -3.80. The van der Waals surface area contributed by atoms with Crippen LogP contribution < -0.4 is 4.72 Å². The molecule has 3 N–H and O–H groups in total. The van der Waals surface area contributed by atoms with Gasteiger partial charge in [0.2, 0.25) is 10.0 Å². The van der Waals surface area contributed by atoms with Crippen LogP contribution in [-0.4, -0.2) is 39.2 Å². The first-order valence-electron chi connectivity index (χ1n) is 5.72. The molecular formula is C10H13N5O4S. The van der Waals surface area contributed by atoms with Crippen LogP contribution in [0, 0.1) is 0 Å². The van der Waals surface area contributed by atoms with Crippen molar-refractivity contribution in [3.8, 4) is 0 Å². The van der Waals surface area contributed by atoms with Gasteiger partial charge in [-0.2, -0.15) is 0 Å². The smallest absolute Gasteiger partial charge is 0.352 e. The molecule has 2 aromatic rings. The number of carboxylic acids is 1. The minimum Gasteiger partial charge on any atom is -0.477 e. The van der Waals surface area contributed by atoms with E-state index in [9.17, 15) is 13.2 Å². The second-order valence-electron chi connectivity index (χ2n) is 3.91. The summed E-state index contributed by atoms with van der Waals surface area (Å²) in [5, 5.41) is 16.2. The summed E-state index contributed by atoms with van der Waals surface area (Å²) in [4.78, 5) is 12.9. The number of H-pyrrole nitrogens is 1. The second kappa shape index (κ2) is 5.43. The maximum Gasteiger partial charge on any atom is 0.352 e. The van der Waals surface area contributed by atoms with E-state index in [2.05, 4.69) is 19.9 Å². The lowest BCUT2D eigenvalue weighted by molar-refractivity contribution is 0.0691. The summed E-state index contributed by atoms with van der Waals surface area (Å²) in [5.74, 6) is -0.748. The molecule has 0 aliphatic heterocycles. The molecule has 0 aliphatic carbocycles. The Labute approximate surface area is 114 Å². The Bertz CT molecular complexity index is 718. The van der Waals surface area contributed by atoms with Gasteiger partial charge in [-0.25, -0.2) is 17.9 Å². The highest BCUT2D eigenvalue weighted by atomic mass is 32.2. The van der Waals surface area contributed by atoms with Crippen LogP contribution in [0.25, 0.3) is 0 Å². The van der Waals surface area contributed by atoms with E-state index in [4.69, 9.17) is 5.11 Å². The van der Waals surface area contributed by atoms with Crippen LogP contribution in [0.15, 0.2) is 23.5 Å². The van der Waals surface area contributed by atoms with Crippen LogP contribution >= 0.6 is 0 Å². The Morgan fingerprint density at radius 3 is 2.90 bits per heavy atom. The quantitative estimate of drug-likeness (QED) is 0.677. The van der Waals surface area contributed by atoms with Gasteiger partial charge in [-0.05, 0) is 13.0 Å². The Morgan fingerprint density at radius 2 is 2.30 bits per heavy atom. The van der Waals surface area contributed by atoms with E-state index in [1.807, 2.05) is 6.92 Å². The van der Waals surface area contributed by atoms with E-state index in [0.717, 1.165) is 12.3 Å². The fourth-order valence-electron chi connectivity index (χ4n) is 1.58. The topological polar surface area (TPSA) is 130 Å². The second-order valence-corrected chi connectivity index (χ2v) is 5.68. The summed E-state index contributed by atoms with van der Waals surface area (Å²) in [7, 11) is -3.80. The van der Waals surface area contributed by atoms with Crippen molar-refractivity contribution >= 4 is 16.0 Å². The molecule has 0 amide bonds. The van der Waals surface area contributed by atoms with Crippen molar-refractivity contribution in [3.63, 3.8) is 0 Å². The summed E-state index contributed by atoms with van der Waals surface area (Å²) < 4.78 is 28.0. The number of hydrogen-bond acceptors (Lipinski definition) is 5. The summed E-state index contributed by atoms with van der Waals surface area (Å²) >= 11 is 0. The SMILES string of the molecule is CCn1cnnc1CNS(=O)(=O)c1c[nH]c(C(=O)O)c1. The maximum atomic E-state index is 12.0. The highest BCUT2D eigenvalue weighted by Gasteiger charge is 2.18. The van der Waals surface area contributed by atoms with Gasteiger partial charge in [-0.15, -0.1) is 10.2 Å². The number of rotatable bonds is 6. The molecule has 9 nitrogen and oxygen atoms in total. The fraction of sp³-hybridized carbons (Fsp3) is 0.300. The molecule has 0 fully saturated rings.